The van der Waals surface area contributed by atoms with E-state index in [4.69, 9.17) is 16.7 Å². The van der Waals surface area contributed by atoms with Crippen LogP contribution in [0.15, 0.2) is 47.4 Å². The zero-order valence-electron chi connectivity index (χ0n) is 17.4. The van der Waals surface area contributed by atoms with Gasteiger partial charge in [-0.25, -0.2) is 8.42 Å². The Morgan fingerprint density at radius 3 is 2.68 bits per heavy atom. The molecular formula is C22H28Cl2N2O4S. The summed E-state index contributed by atoms with van der Waals surface area (Å²) in [7, 11) is -3.72. The lowest BCUT2D eigenvalue weighted by molar-refractivity contribution is -0.137. The predicted molar refractivity (Wildman–Crippen MR) is 126 cm³/mol. The molecule has 0 spiro atoms. The second-order valence-electron chi connectivity index (χ2n) is 7.61. The Morgan fingerprint density at radius 2 is 2.00 bits per heavy atom. The molecule has 0 amide bonds. The SMILES string of the molecule is CCC(CCCC(=O)O)N1CCc2ccc(S(=O)(=O)Nc3cccc(Cl)c3)cc2C1.Cl. The van der Waals surface area contributed by atoms with Gasteiger partial charge in [0.05, 0.1) is 10.6 Å². The van der Waals surface area contributed by atoms with Crippen molar-refractivity contribution in [2.24, 2.45) is 0 Å². The van der Waals surface area contributed by atoms with Crippen LogP contribution in [0.4, 0.5) is 5.69 Å². The minimum atomic E-state index is -3.72. The molecule has 9 heteroatoms. The van der Waals surface area contributed by atoms with Gasteiger partial charge in [0.25, 0.3) is 10.0 Å². The van der Waals surface area contributed by atoms with E-state index >= 15 is 0 Å². The van der Waals surface area contributed by atoms with Gasteiger partial charge in [-0.15, -0.1) is 12.4 Å². The van der Waals surface area contributed by atoms with Crippen molar-refractivity contribution in [1.29, 1.82) is 0 Å². The zero-order chi connectivity index (χ0) is 21.7. The van der Waals surface area contributed by atoms with Crippen LogP contribution in [-0.4, -0.2) is 37.0 Å². The molecule has 31 heavy (non-hydrogen) atoms. The van der Waals surface area contributed by atoms with Crippen LogP contribution in [-0.2, 0) is 27.8 Å². The van der Waals surface area contributed by atoms with E-state index in [2.05, 4.69) is 16.5 Å². The average molecular weight is 487 g/mol. The summed E-state index contributed by atoms with van der Waals surface area (Å²) in [6, 6.07) is 12.2. The summed E-state index contributed by atoms with van der Waals surface area (Å²) in [5, 5.41) is 9.35. The number of carboxylic acids is 1. The van der Waals surface area contributed by atoms with Crippen molar-refractivity contribution in [3.8, 4) is 0 Å². The van der Waals surface area contributed by atoms with Crippen molar-refractivity contribution in [2.45, 2.75) is 56.5 Å². The number of nitrogens with zero attached hydrogens (tertiary/aromatic N) is 1. The van der Waals surface area contributed by atoms with E-state index in [1.54, 1.807) is 36.4 Å². The summed E-state index contributed by atoms with van der Waals surface area (Å²) in [5.74, 6) is -0.768. The molecular weight excluding hydrogens is 459 g/mol. The average Bonchev–Trinajstić information content (AvgIpc) is 2.70. The van der Waals surface area contributed by atoms with E-state index in [1.165, 1.54) is 0 Å². The largest absolute Gasteiger partial charge is 0.481 e. The summed E-state index contributed by atoms with van der Waals surface area (Å²) in [4.78, 5) is 13.4. The molecule has 170 valence electrons. The molecule has 0 aliphatic carbocycles. The molecule has 0 fully saturated rings. The second kappa shape index (κ2) is 11.2. The van der Waals surface area contributed by atoms with E-state index in [-0.39, 0.29) is 23.7 Å². The van der Waals surface area contributed by atoms with Gasteiger partial charge >= 0.3 is 5.97 Å². The molecule has 1 unspecified atom stereocenters. The molecule has 2 aromatic carbocycles. The summed E-state index contributed by atoms with van der Waals surface area (Å²) >= 11 is 5.95. The number of sulfonamides is 1. The maximum absolute atomic E-state index is 12.9. The Kier molecular flexibility index (Phi) is 9.18. The first kappa shape index (κ1) is 25.5. The van der Waals surface area contributed by atoms with E-state index < -0.39 is 16.0 Å². The van der Waals surface area contributed by atoms with Gasteiger partial charge in [-0.05, 0) is 67.1 Å². The number of hydrogen-bond donors (Lipinski definition) is 2. The third kappa shape index (κ3) is 6.84. The van der Waals surface area contributed by atoms with Crippen LogP contribution >= 0.6 is 24.0 Å². The molecule has 0 saturated heterocycles. The third-order valence-electron chi connectivity index (χ3n) is 5.52. The van der Waals surface area contributed by atoms with Crippen LogP contribution in [0.1, 0.15) is 43.7 Å². The lowest BCUT2D eigenvalue weighted by Crippen LogP contribution is -2.39. The monoisotopic (exact) mass is 486 g/mol. The number of anilines is 1. The first-order chi connectivity index (χ1) is 14.3. The highest BCUT2D eigenvalue weighted by atomic mass is 35.5. The standard InChI is InChI=1S/C22H27ClN2O4S.ClH/c1-2-20(7-4-8-22(26)27)25-12-11-16-9-10-21(13-17(16)15-25)30(28,29)24-19-6-3-5-18(23)14-19;/h3,5-6,9-10,13-14,20,24H,2,4,7-8,11-12,15H2,1H3,(H,26,27);1H. The number of benzene rings is 2. The molecule has 1 aliphatic heterocycles. The highest BCUT2D eigenvalue weighted by Crippen LogP contribution is 2.27. The van der Waals surface area contributed by atoms with Crippen molar-refractivity contribution < 1.29 is 18.3 Å². The highest BCUT2D eigenvalue weighted by molar-refractivity contribution is 7.92. The molecule has 0 saturated carbocycles. The third-order valence-corrected chi connectivity index (χ3v) is 7.14. The van der Waals surface area contributed by atoms with Gasteiger partial charge in [0.15, 0.2) is 0 Å². The first-order valence-electron chi connectivity index (χ1n) is 10.1. The van der Waals surface area contributed by atoms with Crippen molar-refractivity contribution in [3.63, 3.8) is 0 Å². The Labute approximate surface area is 195 Å². The summed E-state index contributed by atoms with van der Waals surface area (Å²) in [5.41, 5.74) is 2.59. The van der Waals surface area contributed by atoms with E-state index in [1.807, 2.05) is 6.07 Å². The van der Waals surface area contributed by atoms with E-state index in [9.17, 15) is 13.2 Å². The number of hydrogen-bond acceptors (Lipinski definition) is 4. The number of aliphatic carboxylic acids is 1. The van der Waals surface area contributed by atoms with Crippen LogP contribution in [0.25, 0.3) is 0 Å². The highest BCUT2D eigenvalue weighted by Gasteiger charge is 2.24. The summed E-state index contributed by atoms with van der Waals surface area (Å²) in [6.07, 6.45) is 3.44. The zero-order valence-corrected chi connectivity index (χ0v) is 19.8. The van der Waals surface area contributed by atoms with Crippen molar-refractivity contribution in [1.82, 2.24) is 4.90 Å². The summed E-state index contributed by atoms with van der Waals surface area (Å²) in [6.45, 7) is 3.67. The number of fused-ring (bicyclic) bond motifs is 1. The maximum Gasteiger partial charge on any atom is 0.303 e. The van der Waals surface area contributed by atoms with Crippen LogP contribution < -0.4 is 4.72 Å². The number of nitrogens with one attached hydrogen (secondary N) is 1. The minimum absolute atomic E-state index is 0. The van der Waals surface area contributed by atoms with Gasteiger partial charge in [-0.3, -0.25) is 14.4 Å². The minimum Gasteiger partial charge on any atom is -0.481 e. The Morgan fingerprint density at radius 1 is 1.23 bits per heavy atom. The van der Waals surface area contributed by atoms with Crippen LogP contribution in [0, 0.1) is 0 Å². The van der Waals surface area contributed by atoms with Crippen molar-refractivity contribution in [3.05, 3.63) is 58.6 Å². The fourth-order valence-corrected chi connectivity index (χ4v) is 5.22. The van der Waals surface area contributed by atoms with E-state index in [0.717, 1.165) is 36.9 Å². The first-order valence-corrected chi connectivity index (χ1v) is 12.0. The molecule has 1 atom stereocenters. The summed E-state index contributed by atoms with van der Waals surface area (Å²) < 4.78 is 28.3. The van der Waals surface area contributed by atoms with Gasteiger partial charge in [-0.1, -0.05) is 30.7 Å². The molecule has 1 aliphatic rings. The molecule has 0 bridgehead atoms. The van der Waals surface area contributed by atoms with Crippen molar-refractivity contribution >= 4 is 45.7 Å². The smallest absolute Gasteiger partial charge is 0.303 e. The van der Waals surface area contributed by atoms with Gasteiger partial charge in [0.1, 0.15) is 0 Å². The lowest BCUT2D eigenvalue weighted by atomic mass is 9.96. The Hall–Kier alpha value is -1.80. The molecule has 0 aromatic heterocycles. The molecule has 2 N–H and O–H groups in total. The van der Waals surface area contributed by atoms with Crippen LogP contribution in [0.5, 0.6) is 0 Å². The quantitative estimate of drug-likeness (QED) is 0.523. The molecule has 0 radical (unpaired) electrons. The Bertz CT molecular complexity index is 1010. The number of rotatable bonds is 9. The normalized spacial score (nSPS) is 14.9. The fourth-order valence-electron chi connectivity index (χ4n) is 3.93. The fraction of sp³-hybridized carbons (Fsp3) is 0.409. The maximum atomic E-state index is 12.9. The van der Waals surface area contributed by atoms with Gasteiger partial charge in [0.2, 0.25) is 0 Å². The second-order valence-corrected chi connectivity index (χ2v) is 9.73. The molecule has 6 nitrogen and oxygen atoms in total. The van der Waals surface area contributed by atoms with Gasteiger partial charge in [-0.2, -0.15) is 0 Å². The van der Waals surface area contributed by atoms with Gasteiger partial charge in [0, 0.05) is 30.6 Å². The van der Waals surface area contributed by atoms with Crippen LogP contribution in [0.3, 0.4) is 0 Å². The van der Waals surface area contributed by atoms with Crippen molar-refractivity contribution in [2.75, 3.05) is 11.3 Å². The topological polar surface area (TPSA) is 86.7 Å². The molecule has 1 heterocycles. The van der Waals surface area contributed by atoms with Gasteiger partial charge < -0.3 is 5.11 Å². The Balaban J connectivity index is 0.00000341. The predicted octanol–water partition coefficient (Wildman–Crippen LogP) is 4.95. The number of halogens is 2. The lowest BCUT2D eigenvalue weighted by Gasteiger charge is -2.35. The van der Waals surface area contributed by atoms with Crippen LogP contribution in [0.2, 0.25) is 5.02 Å². The molecule has 2 aromatic rings. The number of carboxylic acid groups (broad SMARTS) is 1. The molecule has 3 rings (SSSR count). The number of carbonyl (C=O) groups is 1. The van der Waals surface area contributed by atoms with E-state index in [0.29, 0.717) is 29.7 Å².